The Morgan fingerprint density at radius 1 is 1.03 bits per heavy atom. The zero-order valence-electron chi connectivity index (χ0n) is 19.7. The van der Waals surface area contributed by atoms with Crippen LogP contribution in [0.25, 0.3) is 0 Å². The summed E-state index contributed by atoms with van der Waals surface area (Å²) in [6.07, 6.45) is 0.880. The average Bonchev–Trinajstić information content (AvgIpc) is 3.32. The third-order valence-electron chi connectivity index (χ3n) is 5.65. The van der Waals surface area contributed by atoms with E-state index in [4.69, 9.17) is 5.73 Å². The molecule has 1 fully saturated rings. The van der Waals surface area contributed by atoms with Crippen LogP contribution in [0.2, 0.25) is 0 Å². The summed E-state index contributed by atoms with van der Waals surface area (Å²) >= 11 is 0. The van der Waals surface area contributed by atoms with E-state index in [9.17, 15) is 34.2 Å². The number of nitrogens with two attached hydrogens (primary N) is 1. The summed E-state index contributed by atoms with van der Waals surface area (Å²) in [6.45, 7) is 3.98. The first-order valence-corrected chi connectivity index (χ1v) is 11.4. The molecule has 0 aliphatic carbocycles. The Labute approximate surface area is 203 Å². The van der Waals surface area contributed by atoms with Crippen LogP contribution in [-0.4, -0.2) is 70.5 Å². The summed E-state index contributed by atoms with van der Waals surface area (Å²) in [4.78, 5) is 61.5. The Bertz CT molecular complexity index is 929. The maximum Gasteiger partial charge on any atom is 0.326 e. The lowest BCUT2D eigenvalue weighted by Gasteiger charge is -2.26. The van der Waals surface area contributed by atoms with Crippen LogP contribution >= 0.6 is 0 Å². The molecule has 0 radical (unpaired) electrons. The van der Waals surface area contributed by atoms with Crippen molar-refractivity contribution < 1.29 is 34.2 Å². The van der Waals surface area contributed by atoms with Crippen LogP contribution in [0.15, 0.2) is 24.3 Å². The molecule has 8 N–H and O–H groups in total. The Morgan fingerprint density at radius 3 is 2.20 bits per heavy atom. The maximum atomic E-state index is 12.9. The minimum absolute atomic E-state index is 0.0218. The maximum absolute atomic E-state index is 12.9. The Morgan fingerprint density at radius 2 is 1.69 bits per heavy atom. The zero-order chi connectivity index (χ0) is 26.1. The van der Waals surface area contributed by atoms with Crippen LogP contribution in [0, 0.1) is 5.92 Å². The van der Waals surface area contributed by atoms with E-state index < -0.39 is 66.1 Å². The monoisotopic (exact) mass is 491 g/mol. The normalized spacial score (nSPS) is 17.7. The van der Waals surface area contributed by atoms with Crippen molar-refractivity contribution in [1.82, 2.24) is 21.3 Å². The quantitative estimate of drug-likeness (QED) is 0.188. The van der Waals surface area contributed by atoms with Gasteiger partial charge in [-0.25, -0.2) is 4.79 Å². The second-order valence-electron chi connectivity index (χ2n) is 8.88. The topological polar surface area (TPSA) is 200 Å². The fourth-order valence-electron chi connectivity index (χ4n) is 3.71. The van der Waals surface area contributed by atoms with Crippen molar-refractivity contribution in [1.29, 1.82) is 0 Å². The molecule has 1 heterocycles. The van der Waals surface area contributed by atoms with Crippen molar-refractivity contribution >= 4 is 29.6 Å². The molecule has 2 rings (SSSR count). The molecule has 12 heteroatoms. The van der Waals surface area contributed by atoms with E-state index in [1.807, 2.05) is 0 Å². The van der Waals surface area contributed by atoms with Gasteiger partial charge in [0, 0.05) is 6.42 Å². The van der Waals surface area contributed by atoms with Crippen molar-refractivity contribution in [3.8, 4) is 5.75 Å². The van der Waals surface area contributed by atoms with Gasteiger partial charge in [-0.2, -0.15) is 0 Å². The van der Waals surface area contributed by atoms with Gasteiger partial charge in [-0.15, -0.1) is 0 Å². The van der Waals surface area contributed by atoms with Crippen molar-refractivity contribution in [2.75, 3.05) is 6.54 Å². The lowest BCUT2D eigenvalue weighted by atomic mass is 10.0. The molecular formula is C23H33N5O7. The number of carbonyl (C=O) groups is 5. The first-order valence-electron chi connectivity index (χ1n) is 11.4. The molecule has 0 spiro atoms. The summed E-state index contributed by atoms with van der Waals surface area (Å²) in [7, 11) is 0. The van der Waals surface area contributed by atoms with Gasteiger partial charge in [-0.1, -0.05) is 26.0 Å². The van der Waals surface area contributed by atoms with E-state index in [1.54, 1.807) is 13.8 Å². The van der Waals surface area contributed by atoms with E-state index >= 15 is 0 Å². The summed E-state index contributed by atoms with van der Waals surface area (Å²) in [5.74, 6) is -4.47. The summed E-state index contributed by atoms with van der Waals surface area (Å²) in [6, 6.07) is 1.68. The lowest BCUT2D eigenvalue weighted by Crippen LogP contribution is -2.59. The van der Waals surface area contributed by atoms with Gasteiger partial charge in [-0.05, 0) is 43.0 Å². The number of nitrogens with one attached hydrogen (secondary N) is 4. The molecule has 0 saturated carbocycles. The number of amides is 4. The standard InChI is InChI=1S/C23H33N5O7/c1-12(2)19(22(33)27-17(23(34)35)10-13-5-7-14(29)8-6-13)28-21(32)16(11-18(24)30)26-20(31)15-4-3-9-25-15/h5-8,12,15-17,19,25,29H,3-4,9-11H2,1-2H3,(H2,24,30)(H,26,31)(H,27,33)(H,28,32)(H,34,35). The number of carboxylic acids is 1. The van der Waals surface area contributed by atoms with Gasteiger partial charge in [0.1, 0.15) is 23.9 Å². The highest BCUT2D eigenvalue weighted by atomic mass is 16.4. The average molecular weight is 492 g/mol. The van der Waals surface area contributed by atoms with Gasteiger partial charge < -0.3 is 37.2 Å². The van der Waals surface area contributed by atoms with E-state index in [-0.39, 0.29) is 12.2 Å². The Kier molecular flexibility index (Phi) is 10.0. The molecule has 0 bridgehead atoms. The predicted octanol–water partition coefficient (Wildman–Crippen LogP) is -1.24. The molecule has 1 aliphatic heterocycles. The van der Waals surface area contributed by atoms with Crippen LogP contribution in [-0.2, 0) is 30.4 Å². The van der Waals surface area contributed by atoms with Gasteiger partial charge >= 0.3 is 5.97 Å². The Hall–Kier alpha value is -3.67. The van der Waals surface area contributed by atoms with Gasteiger partial charge in [0.25, 0.3) is 0 Å². The van der Waals surface area contributed by atoms with Crippen LogP contribution in [0.3, 0.4) is 0 Å². The second kappa shape index (κ2) is 12.7. The number of benzene rings is 1. The molecule has 0 aromatic heterocycles. The SMILES string of the molecule is CC(C)C(NC(=O)C(CC(N)=O)NC(=O)C1CCCN1)C(=O)NC(Cc1ccc(O)cc1)C(=O)O. The number of hydrogen-bond acceptors (Lipinski definition) is 7. The number of carbonyl (C=O) groups excluding carboxylic acids is 4. The fourth-order valence-corrected chi connectivity index (χ4v) is 3.71. The highest BCUT2D eigenvalue weighted by Gasteiger charge is 2.33. The van der Waals surface area contributed by atoms with Crippen LogP contribution in [0.5, 0.6) is 5.75 Å². The molecule has 12 nitrogen and oxygen atoms in total. The first kappa shape index (κ1) is 27.6. The summed E-state index contributed by atoms with van der Waals surface area (Å²) in [5.41, 5.74) is 5.82. The molecule has 1 aromatic carbocycles. The minimum Gasteiger partial charge on any atom is -0.508 e. The van der Waals surface area contributed by atoms with E-state index in [0.29, 0.717) is 18.5 Å². The van der Waals surface area contributed by atoms with Gasteiger partial charge in [0.2, 0.25) is 23.6 Å². The third kappa shape index (κ3) is 8.56. The molecular weight excluding hydrogens is 458 g/mol. The second-order valence-corrected chi connectivity index (χ2v) is 8.88. The third-order valence-corrected chi connectivity index (χ3v) is 5.65. The highest BCUT2D eigenvalue weighted by Crippen LogP contribution is 2.12. The molecule has 192 valence electrons. The molecule has 4 unspecified atom stereocenters. The van der Waals surface area contributed by atoms with Crippen molar-refractivity contribution in [2.45, 2.75) is 63.7 Å². The van der Waals surface area contributed by atoms with Crippen molar-refractivity contribution in [3.05, 3.63) is 29.8 Å². The summed E-state index contributed by atoms with van der Waals surface area (Å²) in [5, 5.41) is 29.4. The number of hydrogen-bond donors (Lipinski definition) is 7. The van der Waals surface area contributed by atoms with Crippen LogP contribution in [0.1, 0.15) is 38.7 Å². The van der Waals surface area contributed by atoms with E-state index in [0.717, 1.165) is 6.42 Å². The number of phenolic OH excluding ortho intramolecular Hbond substituents is 1. The van der Waals surface area contributed by atoms with Crippen LogP contribution in [0.4, 0.5) is 0 Å². The highest BCUT2D eigenvalue weighted by molar-refractivity contribution is 5.96. The molecule has 4 atom stereocenters. The summed E-state index contributed by atoms with van der Waals surface area (Å²) < 4.78 is 0. The molecule has 1 saturated heterocycles. The molecule has 35 heavy (non-hydrogen) atoms. The number of carboxylic acid groups (broad SMARTS) is 1. The van der Waals surface area contributed by atoms with Crippen molar-refractivity contribution in [2.24, 2.45) is 11.7 Å². The number of phenols is 1. The zero-order valence-corrected chi connectivity index (χ0v) is 19.7. The number of rotatable bonds is 12. The van der Waals surface area contributed by atoms with Crippen LogP contribution < -0.4 is 27.0 Å². The molecule has 1 aliphatic rings. The molecule has 1 aromatic rings. The van der Waals surface area contributed by atoms with Gasteiger partial charge in [0.15, 0.2) is 0 Å². The van der Waals surface area contributed by atoms with E-state index in [1.165, 1.54) is 24.3 Å². The predicted molar refractivity (Wildman–Crippen MR) is 125 cm³/mol. The van der Waals surface area contributed by atoms with Gasteiger partial charge in [-0.3, -0.25) is 19.2 Å². The van der Waals surface area contributed by atoms with Gasteiger partial charge in [0.05, 0.1) is 12.5 Å². The minimum atomic E-state index is -1.29. The fraction of sp³-hybridized carbons (Fsp3) is 0.522. The molecule has 4 amide bonds. The number of aliphatic carboxylic acids is 1. The smallest absolute Gasteiger partial charge is 0.326 e. The van der Waals surface area contributed by atoms with E-state index in [2.05, 4.69) is 21.3 Å². The van der Waals surface area contributed by atoms with Crippen molar-refractivity contribution in [3.63, 3.8) is 0 Å². The Balaban J connectivity index is 2.09. The number of primary amides is 1. The lowest BCUT2D eigenvalue weighted by molar-refractivity contribution is -0.142. The number of aromatic hydroxyl groups is 1. The largest absolute Gasteiger partial charge is 0.508 e. The first-order chi connectivity index (χ1) is 16.5.